The van der Waals surface area contributed by atoms with Crippen molar-refractivity contribution in [3.8, 4) is 17.6 Å². The van der Waals surface area contributed by atoms with Crippen molar-refractivity contribution in [3.63, 3.8) is 0 Å². The van der Waals surface area contributed by atoms with Gasteiger partial charge in [-0.3, -0.25) is 24.1 Å². The third-order valence-electron chi connectivity index (χ3n) is 7.11. The van der Waals surface area contributed by atoms with E-state index < -0.39 is 5.91 Å². The molecule has 2 aliphatic rings. The van der Waals surface area contributed by atoms with Crippen LogP contribution in [0, 0.1) is 23.7 Å². The highest BCUT2D eigenvalue weighted by Crippen LogP contribution is 2.39. The topological polar surface area (TPSA) is 150 Å². The Bertz CT molecular complexity index is 1570. The summed E-state index contributed by atoms with van der Waals surface area (Å²) in [6, 6.07) is 7.01. The van der Waals surface area contributed by atoms with Crippen LogP contribution in [0.3, 0.4) is 0 Å². The van der Waals surface area contributed by atoms with Crippen LogP contribution in [0.15, 0.2) is 73.1 Å². The Balaban J connectivity index is 0.000000337. The molecule has 1 saturated carbocycles. The van der Waals surface area contributed by atoms with Crippen LogP contribution in [-0.2, 0) is 19.2 Å². The Morgan fingerprint density at radius 2 is 1.91 bits per heavy atom. The fourth-order valence-corrected chi connectivity index (χ4v) is 4.63. The number of pyridine rings is 1. The number of nitrogens with zero attached hydrogens (tertiary/aromatic N) is 1. The Hall–Kier alpha value is -4.86. The molecule has 2 fully saturated rings. The summed E-state index contributed by atoms with van der Waals surface area (Å²) in [6.07, 6.45) is 10.7. The number of hydrogen-bond acceptors (Lipinski definition) is 8. The molecule has 1 aliphatic heterocycles. The van der Waals surface area contributed by atoms with E-state index in [2.05, 4.69) is 69.6 Å². The number of nitrogens with one attached hydrogen (secondary N) is 4. The van der Waals surface area contributed by atoms with Crippen LogP contribution in [0.25, 0.3) is 16.5 Å². The van der Waals surface area contributed by atoms with Crippen LogP contribution in [0.2, 0.25) is 0 Å². The molecule has 3 atom stereocenters. The van der Waals surface area contributed by atoms with Crippen LogP contribution < -0.4 is 25.5 Å². The zero-order valence-electron chi connectivity index (χ0n) is 27.4. The van der Waals surface area contributed by atoms with E-state index in [4.69, 9.17) is 4.74 Å². The van der Waals surface area contributed by atoms with Gasteiger partial charge in [0.1, 0.15) is 12.0 Å². The highest BCUT2D eigenvalue weighted by Gasteiger charge is 2.40. The lowest BCUT2D eigenvalue weighted by molar-refractivity contribution is -0.124. The third-order valence-corrected chi connectivity index (χ3v) is 7.33. The van der Waals surface area contributed by atoms with Crippen LogP contribution in [0.1, 0.15) is 31.9 Å². The fraction of sp³-hybridized carbons (Fsp3) is 0.343. The van der Waals surface area contributed by atoms with Crippen molar-refractivity contribution in [2.75, 3.05) is 34.3 Å². The van der Waals surface area contributed by atoms with Crippen molar-refractivity contribution in [1.82, 2.24) is 25.2 Å². The van der Waals surface area contributed by atoms with Crippen molar-refractivity contribution >= 4 is 53.3 Å². The van der Waals surface area contributed by atoms with Crippen LogP contribution in [-0.4, -0.2) is 74.2 Å². The largest absolute Gasteiger partial charge is 0.497 e. The number of aromatic amines is 1. The molecule has 2 aromatic rings. The van der Waals surface area contributed by atoms with E-state index in [0.29, 0.717) is 29.0 Å². The number of thiol groups is 1. The predicted molar refractivity (Wildman–Crippen MR) is 191 cm³/mol. The summed E-state index contributed by atoms with van der Waals surface area (Å²) < 4.78 is 7.46. The number of H-pyrrole nitrogens is 1. The number of carbonyl (C=O) groups is 4. The molecule has 2 heterocycles. The first-order valence-electron chi connectivity index (χ1n) is 14.8. The quantitative estimate of drug-likeness (QED) is 0.0910. The summed E-state index contributed by atoms with van der Waals surface area (Å²) in [4.78, 5) is 59.2. The molecule has 252 valence electrons. The highest BCUT2D eigenvalue weighted by molar-refractivity contribution is 7.78. The number of likely N-dealkylation sites (tertiary alicyclic amines) is 1. The third kappa shape index (κ3) is 13.6. The normalized spacial score (nSPS) is 17.6. The molecule has 47 heavy (non-hydrogen) atoms. The Morgan fingerprint density at radius 1 is 1.19 bits per heavy atom. The number of aromatic nitrogens is 1. The van der Waals surface area contributed by atoms with Gasteiger partial charge < -0.3 is 29.9 Å². The molecule has 1 aromatic heterocycles. The number of aldehydes is 1. The standard InChI is InChI=1S/C16H15NO2.C7H14N2O.C6H7NO2.C6H9NOS/c1-4-6-11(5-2)14-10-16(18)13-8-7-12(19-3)9-15(13)17-14;1-8-7(10)6-4-3-5-9(6)2;1-2-3-6(9)7-4-5-8;1-2-4-3-5(4)6(8)7-9/h4-10H,1-2H2,3H3,(H,17,18);6H,3-5H2,1-2H3,(H,8,10);5H,4H2,1H3,(H,7,9);2,4-5,9H,1,3H2,(H,7,8)/b11-6+;;;. The van der Waals surface area contributed by atoms with Crippen molar-refractivity contribution < 1.29 is 23.9 Å². The number of carbonyl (C=O) groups excluding carboxylic acids is 4. The van der Waals surface area contributed by atoms with Gasteiger partial charge in [-0.1, -0.05) is 56.2 Å². The minimum atomic E-state index is -0.412. The van der Waals surface area contributed by atoms with Gasteiger partial charge in [0.25, 0.3) is 5.91 Å². The number of hydrogen-bond donors (Lipinski definition) is 5. The second kappa shape index (κ2) is 21.8. The summed E-state index contributed by atoms with van der Waals surface area (Å²) in [5, 5.41) is 5.54. The molecule has 4 N–H and O–H groups in total. The Kier molecular flexibility index (Phi) is 18.6. The van der Waals surface area contributed by atoms with Crippen molar-refractivity contribution in [1.29, 1.82) is 0 Å². The molecular weight excluding hydrogens is 618 g/mol. The van der Waals surface area contributed by atoms with E-state index in [1.165, 1.54) is 0 Å². The number of ether oxygens (including phenoxy) is 1. The number of rotatable bonds is 9. The molecule has 0 spiro atoms. The smallest absolute Gasteiger partial charge is 0.296 e. The van der Waals surface area contributed by atoms with Gasteiger partial charge in [-0.05, 0) is 69.3 Å². The molecule has 1 aliphatic carbocycles. The molecule has 3 unspecified atom stereocenters. The summed E-state index contributed by atoms with van der Waals surface area (Å²) in [5.74, 6) is 5.63. The van der Waals surface area contributed by atoms with E-state index >= 15 is 0 Å². The van der Waals surface area contributed by atoms with E-state index in [1.54, 1.807) is 63.6 Å². The van der Waals surface area contributed by atoms with E-state index in [0.717, 1.165) is 36.9 Å². The molecule has 1 aromatic carbocycles. The van der Waals surface area contributed by atoms with Gasteiger partial charge in [0, 0.05) is 36.2 Å². The number of benzene rings is 1. The predicted octanol–water partition coefficient (Wildman–Crippen LogP) is 3.21. The molecule has 12 heteroatoms. The zero-order valence-corrected chi connectivity index (χ0v) is 28.3. The van der Waals surface area contributed by atoms with Crippen LogP contribution >= 0.6 is 12.8 Å². The Labute approximate surface area is 282 Å². The molecule has 3 amide bonds. The lowest BCUT2D eigenvalue weighted by Crippen LogP contribution is -2.39. The zero-order chi connectivity index (χ0) is 35.4. The lowest BCUT2D eigenvalue weighted by Gasteiger charge is -2.16. The molecular formula is C35H45N5O6S. The van der Waals surface area contributed by atoms with Crippen LogP contribution in [0.5, 0.6) is 5.75 Å². The first-order chi connectivity index (χ1) is 22.5. The Morgan fingerprint density at radius 3 is 2.40 bits per heavy atom. The van der Waals surface area contributed by atoms with Gasteiger partial charge in [-0.25, -0.2) is 0 Å². The van der Waals surface area contributed by atoms with Gasteiger partial charge in [-0.2, -0.15) is 0 Å². The maximum absolute atomic E-state index is 12.1. The maximum atomic E-state index is 12.1. The van der Waals surface area contributed by atoms with Gasteiger partial charge in [-0.15, -0.1) is 6.58 Å². The van der Waals surface area contributed by atoms with Crippen molar-refractivity contribution in [3.05, 3.63) is 84.2 Å². The first-order valence-corrected chi connectivity index (χ1v) is 15.3. The van der Waals surface area contributed by atoms with E-state index in [9.17, 15) is 24.0 Å². The number of fused-ring (bicyclic) bond motifs is 1. The van der Waals surface area contributed by atoms with E-state index in [-0.39, 0.29) is 35.7 Å². The number of amides is 3. The minimum absolute atomic E-state index is 0.0169. The van der Waals surface area contributed by atoms with Crippen LogP contribution in [0.4, 0.5) is 0 Å². The van der Waals surface area contributed by atoms with Crippen molar-refractivity contribution in [2.45, 2.75) is 32.2 Å². The van der Waals surface area contributed by atoms with Gasteiger partial charge >= 0.3 is 0 Å². The molecule has 1 saturated heterocycles. The maximum Gasteiger partial charge on any atom is 0.296 e. The molecule has 4 rings (SSSR count). The van der Waals surface area contributed by atoms with Gasteiger partial charge in [0.15, 0.2) is 5.43 Å². The second-order valence-electron chi connectivity index (χ2n) is 10.2. The fourth-order valence-electron chi connectivity index (χ4n) is 4.47. The number of allylic oxidation sites excluding steroid dienone is 5. The minimum Gasteiger partial charge on any atom is -0.497 e. The number of likely N-dealkylation sites (N-methyl/N-ethyl adjacent to an activating group) is 2. The molecule has 0 radical (unpaired) electrons. The summed E-state index contributed by atoms with van der Waals surface area (Å²) in [7, 11) is 5.28. The summed E-state index contributed by atoms with van der Waals surface area (Å²) in [5.41, 5.74) is 2.22. The first kappa shape index (κ1) is 40.2. The van der Waals surface area contributed by atoms with Crippen molar-refractivity contribution in [2.24, 2.45) is 11.8 Å². The average Bonchev–Trinajstić information content (AvgIpc) is 3.76. The molecule has 11 nitrogen and oxygen atoms in total. The van der Waals surface area contributed by atoms with Gasteiger partial charge in [0.05, 0.1) is 25.2 Å². The molecule has 0 bridgehead atoms. The number of methoxy groups -OCH3 is 1. The van der Waals surface area contributed by atoms with E-state index in [1.807, 2.05) is 13.1 Å². The monoisotopic (exact) mass is 663 g/mol. The highest BCUT2D eigenvalue weighted by atomic mass is 32.1. The average molecular weight is 664 g/mol. The summed E-state index contributed by atoms with van der Waals surface area (Å²) in [6.45, 7) is 13.6. The summed E-state index contributed by atoms with van der Waals surface area (Å²) >= 11 is 3.64. The second-order valence-corrected chi connectivity index (χ2v) is 10.5. The lowest BCUT2D eigenvalue weighted by atomic mass is 10.1. The SMILES string of the molecule is C=C/C=C(\C=C)c1cc(=O)c2ccc(OC)cc2[nH]1.C=CC1CC1C(=O)NS.CC#CC(=O)NCC=O.CNC(=O)C1CCCN1C. The van der Waals surface area contributed by atoms with Gasteiger partial charge in [0.2, 0.25) is 11.8 Å².